The molecule has 0 unspecified atom stereocenters. The Morgan fingerprint density at radius 3 is 2.93 bits per heavy atom. The van der Waals surface area contributed by atoms with E-state index in [2.05, 4.69) is 5.32 Å². The zero-order valence-corrected chi connectivity index (χ0v) is 8.64. The van der Waals surface area contributed by atoms with Gasteiger partial charge in [-0.3, -0.25) is 9.59 Å². The number of hydrogen-bond acceptors (Lipinski definition) is 3. The molecule has 1 aromatic heterocycles. The fourth-order valence-electron chi connectivity index (χ4n) is 1.01. The van der Waals surface area contributed by atoms with E-state index < -0.39 is 12.0 Å². The van der Waals surface area contributed by atoms with E-state index in [1.807, 2.05) is 0 Å². The van der Waals surface area contributed by atoms with Crippen molar-refractivity contribution in [3.8, 4) is 0 Å². The van der Waals surface area contributed by atoms with Crippen LogP contribution in [0.2, 0.25) is 5.02 Å². The maximum Gasteiger partial charge on any atom is 0.305 e. The number of hydrogen-bond donors (Lipinski definition) is 2. The van der Waals surface area contributed by atoms with Crippen LogP contribution in [0.15, 0.2) is 11.4 Å². The molecule has 1 rings (SSSR count). The van der Waals surface area contributed by atoms with E-state index in [-0.39, 0.29) is 6.42 Å². The van der Waals surface area contributed by atoms with Crippen molar-refractivity contribution in [2.24, 2.45) is 0 Å². The highest BCUT2D eigenvalue weighted by molar-refractivity contribution is 7.10. The summed E-state index contributed by atoms with van der Waals surface area (Å²) in [4.78, 5) is 21.5. The molecule has 14 heavy (non-hydrogen) atoms. The van der Waals surface area contributed by atoms with E-state index in [0.29, 0.717) is 11.4 Å². The van der Waals surface area contributed by atoms with Crippen molar-refractivity contribution in [1.29, 1.82) is 0 Å². The minimum atomic E-state index is -0.964. The normalized spacial score (nSPS) is 12.1. The quantitative estimate of drug-likeness (QED) is 0.761. The molecule has 1 heterocycles. The molecule has 0 aliphatic heterocycles. The average Bonchev–Trinajstić information content (AvgIpc) is 2.50. The molecule has 0 aliphatic rings. The van der Waals surface area contributed by atoms with E-state index >= 15 is 0 Å². The van der Waals surface area contributed by atoms with E-state index in [0.717, 1.165) is 4.88 Å². The zero-order valence-electron chi connectivity index (χ0n) is 7.07. The summed E-state index contributed by atoms with van der Waals surface area (Å²) >= 11 is 7.01. The van der Waals surface area contributed by atoms with Crippen LogP contribution in [-0.2, 0) is 9.59 Å². The van der Waals surface area contributed by atoms with Crippen LogP contribution in [0.1, 0.15) is 17.3 Å². The van der Waals surface area contributed by atoms with Crippen LogP contribution in [-0.4, -0.2) is 17.5 Å². The van der Waals surface area contributed by atoms with Crippen molar-refractivity contribution in [1.82, 2.24) is 5.32 Å². The number of halogens is 1. The van der Waals surface area contributed by atoms with E-state index in [4.69, 9.17) is 16.7 Å². The summed E-state index contributed by atoms with van der Waals surface area (Å²) in [5.41, 5.74) is 0. The lowest BCUT2D eigenvalue weighted by Gasteiger charge is -2.10. The minimum absolute atomic E-state index is 0.143. The first-order valence-corrected chi connectivity index (χ1v) is 5.04. The maximum absolute atomic E-state index is 10.5. The first-order chi connectivity index (χ1) is 6.63. The van der Waals surface area contributed by atoms with Crippen molar-refractivity contribution in [2.75, 3.05) is 0 Å². The summed E-state index contributed by atoms with van der Waals surface area (Å²) in [6.07, 6.45) is 0.344. The molecule has 4 nitrogen and oxygen atoms in total. The topological polar surface area (TPSA) is 66.4 Å². The molecular weight excluding hydrogens is 226 g/mol. The SMILES string of the molecule is O=CN[C@@H](CC(=O)O)c1cc(Cl)cs1. The third kappa shape index (κ3) is 3.01. The summed E-state index contributed by atoms with van der Waals surface area (Å²) < 4.78 is 0. The Labute approximate surface area is 89.5 Å². The lowest BCUT2D eigenvalue weighted by molar-refractivity contribution is -0.137. The van der Waals surface area contributed by atoms with Crippen LogP contribution >= 0.6 is 22.9 Å². The van der Waals surface area contributed by atoms with Gasteiger partial charge in [-0.25, -0.2) is 0 Å². The first-order valence-electron chi connectivity index (χ1n) is 3.79. The van der Waals surface area contributed by atoms with Gasteiger partial charge in [0.15, 0.2) is 0 Å². The van der Waals surface area contributed by atoms with Gasteiger partial charge in [0.25, 0.3) is 0 Å². The van der Waals surface area contributed by atoms with Crippen molar-refractivity contribution in [2.45, 2.75) is 12.5 Å². The largest absolute Gasteiger partial charge is 0.481 e. The highest BCUT2D eigenvalue weighted by Crippen LogP contribution is 2.26. The number of carboxylic acid groups (broad SMARTS) is 1. The van der Waals surface area contributed by atoms with Gasteiger partial charge < -0.3 is 10.4 Å². The summed E-state index contributed by atoms with van der Waals surface area (Å²) in [5.74, 6) is -0.964. The minimum Gasteiger partial charge on any atom is -0.481 e. The smallest absolute Gasteiger partial charge is 0.305 e. The molecule has 0 bridgehead atoms. The molecule has 1 aromatic rings. The van der Waals surface area contributed by atoms with Crippen molar-refractivity contribution < 1.29 is 14.7 Å². The van der Waals surface area contributed by atoms with Gasteiger partial charge in [-0.15, -0.1) is 11.3 Å². The van der Waals surface area contributed by atoms with Crippen molar-refractivity contribution in [3.63, 3.8) is 0 Å². The first kappa shape index (κ1) is 11.0. The highest BCUT2D eigenvalue weighted by Gasteiger charge is 2.16. The Balaban J connectivity index is 2.76. The second-order valence-electron chi connectivity index (χ2n) is 2.60. The summed E-state index contributed by atoms with van der Waals surface area (Å²) in [5, 5.41) is 13.3. The molecule has 0 fully saturated rings. The Morgan fingerprint density at radius 2 is 2.50 bits per heavy atom. The lowest BCUT2D eigenvalue weighted by Crippen LogP contribution is -2.21. The number of rotatable bonds is 5. The summed E-state index contributed by atoms with van der Waals surface area (Å²) in [7, 11) is 0. The van der Waals surface area contributed by atoms with Crippen LogP contribution in [0.25, 0.3) is 0 Å². The van der Waals surface area contributed by atoms with Crippen LogP contribution in [0.5, 0.6) is 0 Å². The number of thiophene rings is 1. The van der Waals surface area contributed by atoms with Gasteiger partial charge in [-0.05, 0) is 6.07 Å². The Morgan fingerprint density at radius 1 is 1.79 bits per heavy atom. The standard InChI is InChI=1S/C8H8ClNO3S/c9-5-1-7(14-3-5)6(10-4-11)2-8(12)13/h1,3-4,6H,2H2,(H,10,11)(H,12,13)/t6-/m0/s1. The number of amides is 1. The molecule has 1 amide bonds. The fraction of sp³-hybridized carbons (Fsp3) is 0.250. The van der Waals surface area contributed by atoms with E-state index in [1.54, 1.807) is 11.4 Å². The van der Waals surface area contributed by atoms with Gasteiger partial charge in [-0.1, -0.05) is 11.6 Å². The van der Waals surface area contributed by atoms with Crippen molar-refractivity contribution >= 4 is 35.3 Å². The number of carbonyl (C=O) groups is 2. The molecule has 0 aliphatic carbocycles. The van der Waals surface area contributed by atoms with Crippen molar-refractivity contribution in [3.05, 3.63) is 21.3 Å². The van der Waals surface area contributed by atoms with Gasteiger partial charge in [-0.2, -0.15) is 0 Å². The fourth-order valence-corrected chi connectivity index (χ4v) is 2.15. The van der Waals surface area contributed by atoms with Crippen LogP contribution in [0.4, 0.5) is 0 Å². The molecule has 0 spiro atoms. The molecule has 76 valence electrons. The van der Waals surface area contributed by atoms with Crippen LogP contribution in [0, 0.1) is 0 Å². The number of carbonyl (C=O) groups excluding carboxylic acids is 1. The number of aliphatic carboxylic acids is 1. The summed E-state index contributed by atoms with van der Waals surface area (Å²) in [6, 6.07) is 1.15. The van der Waals surface area contributed by atoms with Crippen LogP contribution in [0.3, 0.4) is 0 Å². The second kappa shape index (κ2) is 4.97. The molecule has 0 saturated heterocycles. The second-order valence-corrected chi connectivity index (χ2v) is 3.98. The predicted octanol–water partition coefficient (Wildman–Crippen LogP) is 1.66. The Bertz CT molecular complexity index is 339. The molecule has 1 atom stereocenters. The highest BCUT2D eigenvalue weighted by atomic mass is 35.5. The zero-order chi connectivity index (χ0) is 10.6. The van der Waals surface area contributed by atoms with E-state index in [1.165, 1.54) is 11.3 Å². The molecule has 0 radical (unpaired) electrons. The molecular formula is C8H8ClNO3S. The Kier molecular flexibility index (Phi) is 3.91. The molecule has 6 heteroatoms. The molecule has 0 saturated carbocycles. The third-order valence-corrected chi connectivity index (χ3v) is 2.97. The average molecular weight is 234 g/mol. The van der Waals surface area contributed by atoms with Gasteiger partial charge >= 0.3 is 5.97 Å². The lowest BCUT2D eigenvalue weighted by atomic mass is 10.2. The Hall–Kier alpha value is -1.07. The van der Waals surface area contributed by atoms with Gasteiger partial charge in [0.05, 0.1) is 17.5 Å². The van der Waals surface area contributed by atoms with Gasteiger partial charge in [0.1, 0.15) is 0 Å². The predicted molar refractivity (Wildman–Crippen MR) is 53.5 cm³/mol. The molecule has 0 aromatic carbocycles. The monoisotopic (exact) mass is 233 g/mol. The van der Waals surface area contributed by atoms with Gasteiger partial charge in [0, 0.05) is 10.3 Å². The van der Waals surface area contributed by atoms with Gasteiger partial charge in [0.2, 0.25) is 6.41 Å². The molecule has 2 N–H and O–H groups in total. The van der Waals surface area contributed by atoms with Crippen LogP contribution < -0.4 is 5.32 Å². The number of nitrogens with one attached hydrogen (secondary N) is 1. The maximum atomic E-state index is 10.5. The third-order valence-electron chi connectivity index (χ3n) is 1.58. The number of carboxylic acids is 1. The summed E-state index contributed by atoms with van der Waals surface area (Å²) in [6.45, 7) is 0. The van der Waals surface area contributed by atoms with E-state index in [9.17, 15) is 9.59 Å².